The van der Waals surface area contributed by atoms with Gasteiger partial charge in [0.2, 0.25) is 0 Å². The van der Waals surface area contributed by atoms with Crippen LogP contribution in [0.1, 0.15) is 12.8 Å². The number of hydrogen-bond donors (Lipinski definition) is 1. The Labute approximate surface area is 71.0 Å². The van der Waals surface area contributed by atoms with E-state index in [0.717, 1.165) is 18.6 Å². The van der Waals surface area contributed by atoms with Crippen LogP contribution >= 0.6 is 11.8 Å². The van der Waals surface area contributed by atoms with Gasteiger partial charge in [-0.3, -0.25) is 0 Å². The van der Waals surface area contributed by atoms with Crippen LogP contribution < -0.4 is 0 Å². The Morgan fingerprint density at radius 3 is 3.00 bits per heavy atom. The Morgan fingerprint density at radius 1 is 1.45 bits per heavy atom. The SMILES string of the molecule is OCCCSC1CCOOC1. The normalized spacial score (nSPS) is 25.4. The van der Waals surface area contributed by atoms with Gasteiger partial charge in [-0.25, -0.2) is 9.78 Å². The molecule has 1 heterocycles. The van der Waals surface area contributed by atoms with E-state index >= 15 is 0 Å². The van der Waals surface area contributed by atoms with E-state index in [4.69, 9.17) is 14.9 Å². The molecule has 3 nitrogen and oxygen atoms in total. The first-order chi connectivity index (χ1) is 5.43. The minimum Gasteiger partial charge on any atom is -0.396 e. The summed E-state index contributed by atoms with van der Waals surface area (Å²) < 4.78 is 0. The van der Waals surface area contributed by atoms with Gasteiger partial charge in [0.25, 0.3) is 0 Å². The number of aliphatic hydroxyl groups excluding tert-OH is 1. The fourth-order valence-electron chi connectivity index (χ4n) is 0.892. The maximum atomic E-state index is 8.53. The smallest absolute Gasteiger partial charge is 0.0941 e. The first-order valence-corrected chi connectivity index (χ1v) is 4.95. The van der Waals surface area contributed by atoms with Crippen LogP contribution in [0.2, 0.25) is 0 Å². The monoisotopic (exact) mass is 178 g/mol. The molecular formula is C7H14O3S. The molecule has 66 valence electrons. The fraction of sp³-hybridized carbons (Fsp3) is 1.00. The minimum atomic E-state index is 0.289. The van der Waals surface area contributed by atoms with Crippen LogP contribution in [0.5, 0.6) is 0 Å². The molecule has 11 heavy (non-hydrogen) atoms. The van der Waals surface area contributed by atoms with Crippen molar-refractivity contribution in [3.05, 3.63) is 0 Å². The van der Waals surface area contributed by atoms with Gasteiger partial charge in [0, 0.05) is 11.9 Å². The summed E-state index contributed by atoms with van der Waals surface area (Å²) >= 11 is 1.86. The van der Waals surface area contributed by atoms with Crippen LogP contribution in [0.4, 0.5) is 0 Å². The zero-order valence-corrected chi connectivity index (χ0v) is 7.31. The van der Waals surface area contributed by atoms with Gasteiger partial charge in [0.15, 0.2) is 0 Å². The standard InChI is InChI=1S/C7H14O3S/c8-3-1-5-11-7-2-4-9-10-6-7/h7-8H,1-6H2. The predicted molar refractivity (Wildman–Crippen MR) is 44.5 cm³/mol. The molecule has 4 heteroatoms. The minimum absolute atomic E-state index is 0.289. The van der Waals surface area contributed by atoms with Crippen molar-refractivity contribution in [3.8, 4) is 0 Å². The molecule has 0 amide bonds. The Morgan fingerprint density at radius 2 is 2.36 bits per heavy atom. The fourth-order valence-corrected chi connectivity index (χ4v) is 1.94. The first-order valence-electron chi connectivity index (χ1n) is 3.90. The molecule has 0 saturated carbocycles. The number of aliphatic hydroxyl groups is 1. The zero-order chi connectivity index (χ0) is 7.94. The Hall–Kier alpha value is 0.230. The lowest BCUT2D eigenvalue weighted by Crippen LogP contribution is -2.21. The van der Waals surface area contributed by atoms with Crippen molar-refractivity contribution in [2.24, 2.45) is 0 Å². The second kappa shape index (κ2) is 5.83. The maximum absolute atomic E-state index is 8.53. The van der Waals surface area contributed by atoms with Gasteiger partial charge >= 0.3 is 0 Å². The number of rotatable bonds is 4. The van der Waals surface area contributed by atoms with Crippen molar-refractivity contribution in [3.63, 3.8) is 0 Å². The lowest BCUT2D eigenvalue weighted by atomic mass is 10.3. The van der Waals surface area contributed by atoms with Gasteiger partial charge in [-0.05, 0) is 18.6 Å². The highest BCUT2D eigenvalue weighted by molar-refractivity contribution is 7.99. The van der Waals surface area contributed by atoms with E-state index in [9.17, 15) is 0 Å². The largest absolute Gasteiger partial charge is 0.396 e. The lowest BCUT2D eigenvalue weighted by Gasteiger charge is -2.20. The van der Waals surface area contributed by atoms with Crippen molar-refractivity contribution >= 4 is 11.8 Å². The topological polar surface area (TPSA) is 38.7 Å². The van der Waals surface area contributed by atoms with Crippen molar-refractivity contribution in [2.75, 3.05) is 25.6 Å². The van der Waals surface area contributed by atoms with Crippen LogP contribution in [-0.4, -0.2) is 35.9 Å². The Kier molecular flexibility index (Phi) is 4.94. The second-order valence-corrected chi connectivity index (χ2v) is 3.87. The van der Waals surface area contributed by atoms with Gasteiger partial charge in [-0.15, -0.1) is 0 Å². The van der Waals surface area contributed by atoms with Gasteiger partial charge in [-0.2, -0.15) is 11.8 Å². The maximum Gasteiger partial charge on any atom is 0.0941 e. The van der Waals surface area contributed by atoms with E-state index in [-0.39, 0.29) is 6.61 Å². The molecule has 1 rings (SSSR count). The molecule has 0 aliphatic carbocycles. The van der Waals surface area contributed by atoms with E-state index in [0.29, 0.717) is 18.5 Å². The molecule has 0 bridgehead atoms. The van der Waals surface area contributed by atoms with Crippen LogP contribution in [0.3, 0.4) is 0 Å². The molecule has 0 aromatic heterocycles. The van der Waals surface area contributed by atoms with Crippen LogP contribution in [0, 0.1) is 0 Å². The van der Waals surface area contributed by atoms with Crippen molar-refractivity contribution < 1.29 is 14.9 Å². The molecule has 1 fully saturated rings. The van der Waals surface area contributed by atoms with E-state index in [1.807, 2.05) is 11.8 Å². The summed E-state index contributed by atoms with van der Waals surface area (Å²) in [4.78, 5) is 9.57. The average molecular weight is 178 g/mol. The Bertz CT molecular complexity index is 93.7. The lowest BCUT2D eigenvalue weighted by molar-refractivity contribution is -0.310. The van der Waals surface area contributed by atoms with Gasteiger partial charge in [0.05, 0.1) is 13.2 Å². The molecule has 1 atom stereocenters. The third-order valence-electron chi connectivity index (χ3n) is 1.52. The summed E-state index contributed by atoms with van der Waals surface area (Å²) in [7, 11) is 0. The zero-order valence-electron chi connectivity index (χ0n) is 6.49. The first kappa shape index (κ1) is 9.32. The summed E-state index contributed by atoms with van der Waals surface area (Å²) in [5.74, 6) is 1.02. The highest BCUT2D eigenvalue weighted by Gasteiger charge is 2.14. The van der Waals surface area contributed by atoms with Crippen molar-refractivity contribution in [1.82, 2.24) is 0 Å². The molecule has 1 aliphatic heterocycles. The van der Waals surface area contributed by atoms with E-state index in [1.165, 1.54) is 0 Å². The molecule has 0 aromatic carbocycles. The van der Waals surface area contributed by atoms with E-state index in [1.54, 1.807) is 0 Å². The highest BCUT2D eigenvalue weighted by atomic mass is 32.2. The molecule has 0 spiro atoms. The van der Waals surface area contributed by atoms with Crippen molar-refractivity contribution in [2.45, 2.75) is 18.1 Å². The molecule has 1 saturated heterocycles. The quantitative estimate of drug-likeness (QED) is 0.511. The summed E-state index contributed by atoms with van der Waals surface area (Å²) in [6, 6.07) is 0. The summed E-state index contributed by atoms with van der Waals surface area (Å²) in [5.41, 5.74) is 0. The van der Waals surface area contributed by atoms with Crippen LogP contribution in [-0.2, 0) is 9.78 Å². The third-order valence-corrected chi connectivity index (χ3v) is 2.88. The summed E-state index contributed by atoms with van der Waals surface area (Å²) in [6.07, 6.45) is 1.94. The Balaban J connectivity index is 1.96. The highest BCUT2D eigenvalue weighted by Crippen LogP contribution is 2.19. The average Bonchev–Trinajstić information content (AvgIpc) is 2.07. The molecule has 0 aromatic rings. The molecule has 0 radical (unpaired) electrons. The van der Waals surface area contributed by atoms with Gasteiger partial charge in [-0.1, -0.05) is 0 Å². The molecule has 1 unspecified atom stereocenters. The van der Waals surface area contributed by atoms with Crippen LogP contribution in [0.25, 0.3) is 0 Å². The van der Waals surface area contributed by atoms with Gasteiger partial charge < -0.3 is 5.11 Å². The van der Waals surface area contributed by atoms with E-state index < -0.39 is 0 Å². The van der Waals surface area contributed by atoms with Gasteiger partial charge in [0.1, 0.15) is 0 Å². The number of thioether (sulfide) groups is 1. The summed E-state index contributed by atoms with van der Waals surface area (Å²) in [6.45, 7) is 1.68. The van der Waals surface area contributed by atoms with E-state index in [2.05, 4.69) is 0 Å². The third kappa shape index (κ3) is 3.96. The molecular weight excluding hydrogens is 164 g/mol. The predicted octanol–water partition coefficient (Wildman–Crippen LogP) is 0.823. The van der Waals surface area contributed by atoms with Crippen LogP contribution in [0.15, 0.2) is 0 Å². The molecule has 1 aliphatic rings. The summed E-state index contributed by atoms with van der Waals surface area (Å²) in [5, 5.41) is 9.09. The number of hydrogen-bond acceptors (Lipinski definition) is 4. The van der Waals surface area contributed by atoms with Crippen molar-refractivity contribution in [1.29, 1.82) is 0 Å². The molecule has 1 N–H and O–H groups in total. The second-order valence-electron chi connectivity index (χ2n) is 2.47.